The molecule has 0 aliphatic carbocycles. The fraction of sp³-hybridized carbons (Fsp3) is 0.447. The van der Waals surface area contributed by atoms with Crippen molar-refractivity contribution in [3.63, 3.8) is 0 Å². The number of ether oxygens (including phenoxy) is 2. The molecule has 58 heavy (non-hydrogen) atoms. The molecule has 5 rings (SSSR count). The summed E-state index contributed by atoms with van der Waals surface area (Å²) in [7, 11) is 0. The van der Waals surface area contributed by atoms with E-state index in [1.54, 1.807) is 24.5 Å². The second-order valence-electron chi connectivity index (χ2n) is 14.5. The van der Waals surface area contributed by atoms with Crippen LogP contribution in [0.1, 0.15) is 89.2 Å². The van der Waals surface area contributed by atoms with Gasteiger partial charge in [-0.2, -0.15) is 4.37 Å². The zero-order valence-electron chi connectivity index (χ0n) is 34.2. The molecule has 2 aromatic carbocycles. The van der Waals surface area contributed by atoms with Gasteiger partial charge in [0.1, 0.15) is 5.82 Å². The number of nitrogens with zero attached hydrogens (tertiary/aromatic N) is 4. The molecule has 0 saturated carbocycles. The Morgan fingerprint density at radius 2 is 1.52 bits per heavy atom. The average Bonchev–Trinajstić information content (AvgIpc) is 3.80. The number of rotatable bonds is 23. The number of esters is 2. The van der Waals surface area contributed by atoms with Gasteiger partial charge in [0.05, 0.1) is 23.4 Å². The summed E-state index contributed by atoms with van der Waals surface area (Å²) >= 11 is 8.36. The third-order valence-electron chi connectivity index (χ3n) is 10.2. The number of halogens is 1. The van der Waals surface area contributed by atoms with E-state index in [1.807, 2.05) is 18.2 Å². The Morgan fingerprint density at radius 1 is 0.862 bits per heavy atom. The Labute approximate surface area is 353 Å². The smallest absolute Gasteiger partial charge is 0.369 e. The molecule has 310 valence electrons. The summed E-state index contributed by atoms with van der Waals surface area (Å²) in [5, 5.41) is 1.71. The first kappa shape index (κ1) is 44.6. The topological polar surface area (TPSA) is 92.3 Å². The lowest BCUT2D eigenvalue weighted by Crippen LogP contribution is -2.47. The maximum absolute atomic E-state index is 13.4. The van der Waals surface area contributed by atoms with Crippen molar-refractivity contribution in [3.05, 3.63) is 113 Å². The first-order chi connectivity index (χ1) is 28.4. The minimum absolute atomic E-state index is 0.0809. The minimum Gasteiger partial charge on any atom is -0.462 e. The fourth-order valence-electron chi connectivity index (χ4n) is 7.08. The van der Waals surface area contributed by atoms with Crippen molar-refractivity contribution in [2.45, 2.75) is 97.1 Å². The van der Waals surface area contributed by atoms with Gasteiger partial charge in [0.2, 0.25) is 5.91 Å². The summed E-state index contributed by atoms with van der Waals surface area (Å²) in [5.74, 6) is -0.639. The highest BCUT2D eigenvalue weighted by Gasteiger charge is 2.41. The molecule has 1 atom stereocenters. The van der Waals surface area contributed by atoms with E-state index >= 15 is 0 Å². The van der Waals surface area contributed by atoms with Crippen LogP contribution in [-0.4, -0.2) is 72.7 Å². The number of hydrogen-bond donors (Lipinski definition) is 0. The third-order valence-corrected chi connectivity index (χ3v) is 11.4. The number of piperazine rings is 1. The molecule has 0 spiro atoms. The van der Waals surface area contributed by atoms with Crippen molar-refractivity contribution in [1.29, 1.82) is 0 Å². The Bertz CT molecular complexity index is 1940. The van der Waals surface area contributed by atoms with Crippen molar-refractivity contribution >= 4 is 62.6 Å². The third kappa shape index (κ3) is 13.5. The van der Waals surface area contributed by atoms with Gasteiger partial charge < -0.3 is 14.4 Å². The average molecular weight is 828 g/mol. The Kier molecular flexibility index (Phi) is 18.8. The van der Waals surface area contributed by atoms with E-state index in [2.05, 4.69) is 89.6 Å². The van der Waals surface area contributed by atoms with Gasteiger partial charge in [0, 0.05) is 49.6 Å². The van der Waals surface area contributed by atoms with E-state index in [1.165, 1.54) is 15.0 Å². The molecule has 9 nitrogen and oxygen atoms in total. The van der Waals surface area contributed by atoms with E-state index in [4.69, 9.17) is 25.4 Å². The van der Waals surface area contributed by atoms with Crippen LogP contribution in [-0.2, 0) is 36.7 Å². The molecular formula is C47H59ClN4O5S. The highest BCUT2D eigenvalue weighted by Crippen LogP contribution is 2.36. The first-order valence-electron chi connectivity index (χ1n) is 21.0. The number of fused-ring (bicyclic) bond motifs is 2. The van der Waals surface area contributed by atoms with Crippen LogP contribution < -0.4 is 9.80 Å². The predicted molar refractivity (Wildman–Crippen MR) is 239 cm³/mol. The number of carbonyl (C=O) groups is 3. The number of amides is 1. The number of hydrogen-bond acceptors (Lipinski definition) is 9. The van der Waals surface area contributed by atoms with Crippen molar-refractivity contribution in [3.8, 4) is 0 Å². The van der Waals surface area contributed by atoms with Gasteiger partial charge in [-0.1, -0.05) is 97.5 Å². The van der Waals surface area contributed by atoms with Crippen LogP contribution in [0.25, 0.3) is 10.1 Å². The quantitative estimate of drug-likeness (QED) is 0.0530. The number of anilines is 2. The largest absolute Gasteiger partial charge is 0.462 e. The zero-order chi connectivity index (χ0) is 41.0. The predicted octanol–water partition coefficient (Wildman–Crippen LogP) is 10.3. The molecule has 1 fully saturated rings. The number of allylic oxidation sites excluding steroid dienone is 10. The van der Waals surface area contributed by atoms with E-state index in [-0.39, 0.29) is 25.4 Å². The molecule has 11 heteroatoms. The molecule has 0 radical (unpaired) electrons. The van der Waals surface area contributed by atoms with Gasteiger partial charge in [0.25, 0.3) is 6.23 Å². The van der Waals surface area contributed by atoms with Crippen LogP contribution in [0.15, 0.2) is 97.2 Å². The van der Waals surface area contributed by atoms with E-state index in [0.717, 1.165) is 107 Å². The van der Waals surface area contributed by atoms with Crippen LogP contribution in [0.2, 0.25) is 5.02 Å². The molecule has 0 bridgehead atoms. The normalized spacial score (nSPS) is 15.7. The number of aromatic nitrogens is 1. The molecule has 3 heterocycles. The summed E-state index contributed by atoms with van der Waals surface area (Å²) in [4.78, 5) is 45.5. The highest BCUT2D eigenvalue weighted by molar-refractivity contribution is 7.13. The van der Waals surface area contributed by atoms with Gasteiger partial charge in [-0.05, 0) is 112 Å². The van der Waals surface area contributed by atoms with Crippen molar-refractivity contribution in [1.82, 2.24) is 9.27 Å². The van der Waals surface area contributed by atoms with Gasteiger partial charge in [-0.15, -0.1) is 0 Å². The lowest BCUT2D eigenvalue weighted by atomic mass is 10.1. The van der Waals surface area contributed by atoms with Gasteiger partial charge in [-0.3, -0.25) is 19.4 Å². The lowest BCUT2D eigenvalue weighted by Gasteiger charge is -2.35. The summed E-state index contributed by atoms with van der Waals surface area (Å²) in [5.41, 5.74) is 2.16. The molecule has 0 N–H and O–H groups in total. The van der Waals surface area contributed by atoms with Crippen LogP contribution >= 0.6 is 23.1 Å². The van der Waals surface area contributed by atoms with Crippen molar-refractivity contribution in [2.75, 3.05) is 49.1 Å². The SMILES string of the molecule is CC/C=C\C/C=C\C/C=C\C/C=C\CCCC/C=C\CCC(=O)OC(C(=O)OCC)N1C(=O)Cc2cc(CCN3CCN(c4nsc5ccccc45)CC3)c(Cl)cc21. The molecule has 3 aromatic rings. The number of benzene rings is 2. The van der Waals surface area contributed by atoms with E-state index in [0.29, 0.717) is 17.1 Å². The summed E-state index contributed by atoms with van der Waals surface area (Å²) in [6, 6.07) is 12.0. The number of carbonyl (C=O) groups excluding carboxylic acids is 3. The fourth-order valence-corrected chi connectivity index (χ4v) is 8.13. The second kappa shape index (κ2) is 24.4. The van der Waals surface area contributed by atoms with Gasteiger partial charge >= 0.3 is 11.9 Å². The van der Waals surface area contributed by atoms with Crippen molar-refractivity contribution in [2.24, 2.45) is 0 Å². The van der Waals surface area contributed by atoms with Gasteiger partial charge in [-0.25, -0.2) is 4.79 Å². The van der Waals surface area contributed by atoms with Crippen LogP contribution in [0, 0.1) is 0 Å². The summed E-state index contributed by atoms with van der Waals surface area (Å²) in [6.07, 6.45) is 29.7. The van der Waals surface area contributed by atoms with E-state index < -0.39 is 18.2 Å². The van der Waals surface area contributed by atoms with Crippen molar-refractivity contribution < 1.29 is 23.9 Å². The summed E-state index contributed by atoms with van der Waals surface area (Å²) < 4.78 is 16.8. The molecule has 1 amide bonds. The van der Waals surface area contributed by atoms with E-state index in [9.17, 15) is 14.4 Å². The Morgan fingerprint density at radius 3 is 2.22 bits per heavy atom. The molecule has 2 aliphatic heterocycles. The second-order valence-corrected chi connectivity index (χ2v) is 15.7. The summed E-state index contributed by atoms with van der Waals surface area (Å²) in [6.45, 7) is 8.35. The van der Waals surface area contributed by atoms with Crippen LogP contribution in [0.3, 0.4) is 0 Å². The molecule has 1 saturated heterocycles. The lowest BCUT2D eigenvalue weighted by molar-refractivity contribution is -0.168. The Hall–Kier alpha value is -4.51. The standard InChI is InChI=1S/C47H59ClN4O5S/c1-3-5-6-7-8-9-10-11-12-13-14-15-16-17-18-19-20-21-22-27-44(54)57-46(47(55)56-4-2)52-41-36-40(48)37(34-38(41)35-43(52)53)28-29-50-30-32-51(33-31-50)45-39-25-23-24-26-42(39)58-49-45/h5-6,8-9,11-12,14-15,20-21,23-26,34,36,46H,3-4,7,10,13,16-19,22,27-33,35H2,1-2H3/b6-5-,9-8-,12-11-,15-14-,21-20-. The molecule has 2 aliphatic rings. The molecular weight excluding hydrogens is 768 g/mol. The Balaban J connectivity index is 1.03. The monoisotopic (exact) mass is 826 g/mol. The maximum atomic E-state index is 13.4. The minimum atomic E-state index is -1.52. The molecule has 1 unspecified atom stereocenters. The maximum Gasteiger partial charge on any atom is 0.369 e. The zero-order valence-corrected chi connectivity index (χ0v) is 35.7. The van der Waals surface area contributed by atoms with Crippen LogP contribution in [0.5, 0.6) is 0 Å². The van der Waals surface area contributed by atoms with Gasteiger partial charge in [0.15, 0.2) is 0 Å². The highest BCUT2D eigenvalue weighted by atomic mass is 35.5. The first-order valence-corrected chi connectivity index (χ1v) is 22.1. The van der Waals surface area contributed by atoms with Crippen LogP contribution in [0.4, 0.5) is 11.5 Å². The number of unbranched alkanes of at least 4 members (excludes halogenated alkanes) is 3. The molecule has 1 aromatic heterocycles.